The highest BCUT2D eigenvalue weighted by Gasteiger charge is 2.17. The largest absolute Gasteiger partial charge is 0.444 e. The maximum absolute atomic E-state index is 11.3. The Morgan fingerprint density at radius 2 is 2.29 bits per heavy atom. The summed E-state index contributed by atoms with van der Waals surface area (Å²) in [4.78, 5) is 15.4. The van der Waals surface area contributed by atoms with Gasteiger partial charge in [0.25, 0.3) is 0 Å². The molecule has 0 bridgehead atoms. The van der Waals surface area contributed by atoms with Crippen molar-refractivity contribution in [1.29, 1.82) is 0 Å². The molecule has 0 spiro atoms. The minimum Gasteiger partial charge on any atom is -0.444 e. The first kappa shape index (κ1) is 10.8. The third-order valence-electron chi connectivity index (χ3n) is 1.52. The molecule has 14 heavy (non-hydrogen) atoms. The van der Waals surface area contributed by atoms with Crippen LogP contribution in [0, 0.1) is 0 Å². The second-order valence-electron chi connectivity index (χ2n) is 4.14. The molecular weight excluding hydrogens is 182 g/mol. The second kappa shape index (κ2) is 4.30. The van der Waals surface area contributed by atoms with E-state index in [0.717, 1.165) is 19.5 Å². The lowest BCUT2D eigenvalue weighted by atomic mass is 10.2. The summed E-state index contributed by atoms with van der Waals surface area (Å²) in [6, 6.07) is 0. The van der Waals surface area contributed by atoms with Crippen LogP contribution in [0.1, 0.15) is 27.2 Å². The van der Waals surface area contributed by atoms with Crippen molar-refractivity contribution in [2.24, 2.45) is 4.99 Å². The molecule has 0 aromatic rings. The van der Waals surface area contributed by atoms with Crippen molar-refractivity contribution in [2.45, 2.75) is 32.8 Å². The summed E-state index contributed by atoms with van der Waals surface area (Å²) in [6.45, 7) is 7.06. The van der Waals surface area contributed by atoms with Gasteiger partial charge in [-0.3, -0.25) is 10.3 Å². The lowest BCUT2D eigenvalue weighted by Gasteiger charge is -2.21. The maximum Gasteiger partial charge on any atom is 0.414 e. The summed E-state index contributed by atoms with van der Waals surface area (Å²) in [5.74, 6) is 0.505. The molecule has 5 nitrogen and oxygen atoms in total. The molecule has 0 saturated carbocycles. The summed E-state index contributed by atoms with van der Waals surface area (Å²) in [7, 11) is 0. The third-order valence-corrected chi connectivity index (χ3v) is 1.52. The number of aliphatic imine (C=N–C) groups is 1. The van der Waals surface area contributed by atoms with Gasteiger partial charge in [-0.15, -0.1) is 0 Å². The fourth-order valence-corrected chi connectivity index (χ4v) is 1.02. The Labute approximate surface area is 83.9 Å². The fraction of sp³-hybridized carbons (Fsp3) is 0.778. The van der Waals surface area contributed by atoms with E-state index in [9.17, 15) is 4.79 Å². The van der Waals surface area contributed by atoms with Crippen LogP contribution in [-0.2, 0) is 4.74 Å². The predicted molar refractivity (Wildman–Crippen MR) is 54.3 cm³/mol. The molecule has 0 aromatic heterocycles. The zero-order valence-corrected chi connectivity index (χ0v) is 8.89. The maximum atomic E-state index is 11.3. The first-order chi connectivity index (χ1) is 6.47. The van der Waals surface area contributed by atoms with Gasteiger partial charge in [0.1, 0.15) is 5.60 Å². The van der Waals surface area contributed by atoms with Crippen LogP contribution in [0.5, 0.6) is 0 Å². The van der Waals surface area contributed by atoms with Gasteiger partial charge in [0.2, 0.25) is 5.96 Å². The number of ether oxygens (including phenoxy) is 1. The van der Waals surface area contributed by atoms with Gasteiger partial charge in [-0.2, -0.15) is 0 Å². The quantitative estimate of drug-likeness (QED) is 0.608. The summed E-state index contributed by atoms with van der Waals surface area (Å²) < 4.78 is 5.07. The molecule has 0 radical (unpaired) electrons. The number of carbonyl (C=O) groups excluding carboxylic acids is 1. The normalized spacial score (nSPS) is 16.6. The Balaban J connectivity index is 2.36. The van der Waals surface area contributed by atoms with Crippen molar-refractivity contribution >= 4 is 12.1 Å². The molecule has 0 aliphatic carbocycles. The minimum atomic E-state index is -0.473. The van der Waals surface area contributed by atoms with Crippen molar-refractivity contribution in [3.05, 3.63) is 0 Å². The molecule has 5 heteroatoms. The summed E-state index contributed by atoms with van der Waals surface area (Å²) in [5, 5.41) is 5.53. The SMILES string of the molecule is CC(C)(C)OC(=O)NC1=NCCCN1. The molecule has 1 aliphatic rings. The van der Waals surface area contributed by atoms with E-state index < -0.39 is 11.7 Å². The number of hydrogen-bond acceptors (Lipinski definition) is 4. The lowest BCUT2D eigenvalue weighted by molar-refractivity contribution is 0.0561. The van der Waals surface area contributed by atoms with Crippen molar-refractivity contribution in [1.82, 2.24) is 10.6 Å². The smallest absolute Gasteiger partial charge is 0.414 e. The first-order valence-corrected chi connectivity index (χ1v) is 4.76. The fourth-order valence-electron chi connectivity index (χ4n) is 1.02. The van der Waals surface area contributed by atoms with Crippen LogP contribution in [0.2, 0.25) is 0 Å². The van der Waals surface area contributed by atoms with Crippen LogP contribution in [-0.4, -0.2) is 30.7 Å². The minimum absolute atomic E-state index is 0.467. The van der Waals surface area contributed by atoms with E-state index in [1.54, 1.807) is 0 Å². The van der Waals surface area contributed by atoms with Gasteiger partial charge in [0.15, 0.2) is 0 Å². The molecule has 1 aliphatic heterocycles. The summed E-state index contributed by atoms with van der Waals surface area (Å²) in [5.41, 5.74) is -0.473. The molecule has 1 heterocycles. The van der Waals surface area contributed by atoms with E-state index in [-0.39, 0.29) is 0 Å². The van der Waals surface area contributed by atoms with Gasteiger partial charge in [-0.05, 0) is 27.2 Å². The highest BCUT2D eigenvalue weighted by atomic mass is 16.6. The van der Waals surface area contributed by atoms with Gasteiger partial charge in [-0.1, -0.05) is 0 Å². The number of alkyl carbamates (subject to hydrolysis) is 1. The average molecular weight is 199 g/mol. The Bertz CT molecular complexity index is 243. The van der Waals surface area contributed by atoms with Gasteiger partial charge in [-0.25, -0.2) is 4.79 Å². The van der Waals surface area contributed by atoms with Gasteiger partial charge in [0, 0.05) is 13.1 Å². The highest BCUT2D eigenvalue weighted by molar-refractivity contribution is 5.94. The van der Waals surface area contributed by atoms with E-state index in [4.69, 9.17) is 4.74 Å². The van der Waals surface area contributed by atoms with E-state index in [1.165, 1.54) is 0 Å². The first-order valence-electron chi connectivity index (χ1n) is 4.76. The van der Waals surface area contributed by atoms with Crippen LogP contribution >= 0.6 is 0 Å². The number of guanidine groups is 1. The van der Waals surface area contributed by atoms with Crippen molar-refractivity contribution in [3.63, 3.8) is 0 Å². The number of amides is 1. The second-order valence-corrected chi connectivity index (χ2v) is 4.14. The summed E-state index contributed by atoms with van der Waals surface area (Å²) >= 11 is 0. The Morgan fingerprint density at radius 1 is 1.57 bits per heavy atom. The number of carbonyl (C=O) groups is 1. The lowest BCUT2D eigenvalue weighted by Crippen LogP contribution is -2.45. The number of nitrogens with one attached hydrogen (secondary N) is 2. The van der Waals surface area contributed by atoms with E-state index in [0.29, 0.717) is 5.96 Å². The van der Waals surface area contributed by atoms with Gasteiger partial charge >= 0.3 is 6.09 Å². The zero-order chi connectivity index (χ0) is 10.6. The van der Waals surface area contributed by atoms with Crippen LogP contribution in [0.3, 0.4) is 0 Å². The molecule has 0 atom stereocenters. The van der Waals surface area contributed by atoms with Gasteiger partial charge in [0.05, 0.1) is 0 Å². The van der Waals surface area contributed by atoms with E-state index in [1.807, 2.05) is 20.8 Å². The monoisotopic (exact) mass is 199 g/mol. The molecule has 80 valence electrons. The number of rotatable bonds is 0. The van der Waals surface area contributed by atoms with Crippen LogP contribution in [0.15, 0.2) is 4.99 Å². The molecule has 0 fully saturated rings. The standard InChI is InChI=1S/C9H17N3O2/c1-9(2,3)14-8(13)12-7-10-5-4-6-11-7/h4-6H2,1-3H3,(H2,10,11,12,13). The van der Waals surface area contributed by atoms with E-state index >= 15 is 0 Å². The number of hydrogen-bond donors (Lipinski definition) is 2. The van der Waals surface area contributed by atoms with Crippen molar-refractivity contribution in [2.75, 3.05) is 13.1 Å². The topological polar surface area (TPSA) is 62.7 Å². The molecule has 1 amide bonds. The Hall–Kier alpha value is -1.26. The van der Waals surface area contributed by atoms with E-state index in [2.05, 4.69) is 15.6 Å². The Morgan fingerprint density at radius 3 is 2.79 bits per heavy atom. The number of nitrogens with zero attached hydrogens (tertiary/aromatic N) is 1. The predicted octanol–water partition coefficient (Wildman–Crippen LogP) is 0.860. The Kier molecular flexibility index (Phi) is 3.33. The zero-order valence-electron chi connectivity index (χ0n) is 8.89. The van der Waals surface area contributed by atoms with Crippen molar-refractivity contribution in [3.8, 4) is 0 Å². The summed E-state index contributed by atoms with van der Waals surface area (Å²) in [6.07, 6.45) is 0.533. The molecular formula is C9H17N3O2. The molecule has 2 N–H and O–H groups in total. The van der Waals surface area contributed by atoms with Crippen LogP contribution in [0.4, 0.5) is 4.79 Å². The van der Waals surface area contributed by atoms with Crippen LogP contribution in [0.25, 0.3) is 0 Å². The molecule has 0 aromatic carbocycles. The van der Waals surface area contributed by atoms with Gasteiger partial charge < -0.3 is 10.1 Å². The average Bonchev–Trinajstić information content (AvgIpc) is 2.02. The molecule has 1 rings (SSSR count). The third kappa shape index (κ3) is 4.11. The molecule has 0 saturated heterocycles. The van der Waals surface area contributed by atoms with Crippen molar-refractivity contribution < 1.29 is 9.53 Å². The molecule has 0 unspecified atom stereocenters. The highest BCUT2D eigenvalue weighted by Crippen LogP contribution is 2.06. The van der Waals surface area contributed by atoms with Crippen LogP contribution < -0.4 is 10.6 Å².